The smallest absolute Gasteiger partial charge is 0.171 e. The second-order valence-electron chi connectivity index (χ2n) is 3.80. The molecule has 0 aromatic carbocycles. The Kier molecular flexibility index (Phi) is 3.63. The van der Waals surface area contributed by atoms with Crippen LogP contribution >= 0.6 is 0 Å². The first-order valence-corrected chi connectivity index (χ1v) is 4.94. The highest BCUT2D eigenvalue weighted by molar-refractivity contribution is 4.83. The first kappa shape index (κ1) is 10.9. The van der Waals surface area contributed by atoms with Gasteiger partial charge in [-0.2, -0.15) is 13.2 Å². The molecule has 0 saturated heterocycles. The van der Waals surface area contributed by atoms with Crippen LogP contribution in [0.3, 0.4) is 0 Å². The molecule has 1 fully saturated rings. The molecule has 1 saturated carbocycles. The zero-order valence-electron chi connectivity index (χ0n) is 7.90. The lowest BCUT2D eigenvalue weighted by Crippen LogP contribution is -2.27. The van der Waals surface area contributed by atoms with Crippen molar-refractivity contribution in [1.29, 1.82) is 0 Å². The minimum atomic E-state index is -3.96. The molecular formula is C10H16F3. The van der Waals surface area contributed by atoms with Crippen molar-refractivity contribution < 1.29 is 13.2 Å². The fraction of sp³-hybridized carbons (Fsp3) is 0.900. The molecule has 0 unspecified atom stereocenters. The SMILES string of the molecule is CC[CH]C1CCC(C(F)(F)F)CC1. The molecule has 0 aromatic rings. The summed E-state index contributed by atoms with van der Waals surface area (Å²) in [6.07, 6.45) is 1.25. The van der Waals surface area contributed by atoms with Crippen LogP contribution in [0, 0.1) is 18.3 Å². The average Bonchev–Trinajstić information content (AvgIpc) is 2.04. The van der Waals surface area contributed by atoms with Crippen molar-refractivity contribution in [3.8, 4) is 0 Å². The Morgan fingerprint density at radius 2 is 1.69 bits per heavy atom. The van der Waals surface area contributed by atoms with Crippen molar-refractivity contribution >= 4 is 0 Å². The van der Waals surface area contributed by atoms with E-state index in [9.17, 15) is 13.2 Å². The molecule has 0 amide bonds. The third-order valence-electron chi connectivity index (χ3n) is 2.80. The van der Waals surface area contributed by atoms with E-state index in [4.69, 9.17) is 0 Å². The number of hydrogen-bond acceptors (Lipinski definition) is 0. The molecule has 0 aliphatic heterocycles. The van der Waals surface area contributed by atoms with Crippen LogP contribution in [0.1, 0.15) is 39.0 Å². The molecule has 0 atom stereocenters. The van der Waals surface area contributed by atoms with E-state index in [-0.39, 0.29) is 0 Å². The van der Waals surface area contributed by atoms with Crippen LogP contribution in [0.2, 0.25) is 0 Å². The maximum absolute atomic E-state index is 12.2. The number of hydrogen-bond donors (Lipinski definition) is 0. The normalized spacial score (nSPS) is 30.5. The molecule has 0 nitrogen and oxygen atoms in total. The van der Waals surface area contributed by atoms with E-state index in [2.05, 4.69) is 6.42 Å². The highest BCUT2D eigenvalue weighted by atomic mass is 19.4. The minimum absolute atomic E-state index is 0.324. The lowest BCUT2D eigenvalue weighted by molar-refractivity contribution is -0.183. The van der Waals surface area contributed by atoms with E-state index in [1.54, 1.807) is 0 Å². The van der Waals surface area contributed by atoms with Gasteiger partial charge in [0.2, 0.25) is 0 Å². The van der Waals surface area contributed by atoms with Gasteiger partial charge in [-0.05, 0) is 38.0 Å². The van der Waals surface area contributed by atoms with Gasteiger partial charge in [0, 0.05) is 0 Å². The number of rotatable bonds is 2. The van der Waals surface area contributed by atoms with Gasteiger partial charge < -0.3 is 0 Å². The predicted molar refractivity (Wildman–Crippen MR) is 46.1 cm³/mol. The Morgan fingerprint density at radius 1 is 1.15 bits per heavy atom. The van der Waals surface area contributed by atoms with Crippen molar-refractivity contribution in [3.63, 3.8) is 0 Å². The van der Waals surface area contributed by atoms with Crippen molar-refractivity contribution in [1.82, 2.24) is 0 Å². The molecule has 13 heavy (non-hydrogen) atoms. The van der Waals surface area contributed by atoms with Gasteiger partial charge in [0.25, 0.3) is 0 Å². The van der Waals surface area contributed by atoms with Gasteiger partial charge in [-0.15, -0.1) is 0 Å². The zero-order valence-corrected chi connectivity index (χ0v) is 7.90. The van der Waals surface area contributed by atoms with Gasteiger partial charge >= 0.3 is 6.18 Å². The predicted octanol–water partition coefficient (Wildman–Crippen LogP) is 3.97. The molecule has 0 heterocycles. The monoisotopic (exact) mass is 193 g/mol. The van der Waals surface area contributed by atoms with Crippen LogP contribution in [0.5, 0.6) is 0 Å². The highest BCUT2D eigenvalue weighted by Gasteiger charge is 2.41. The Morgan fingerprint density at radius 3 is 2.08 bits per heavy atom. The molecule has 1 radical (unpaired) electrons. The van der Waals surface area contributed by atoms with E-state index in [1.165, 1.54) is 0 Å². The zero-order chi connectivity index (χ0) is 9.90. The average molecular weight is 193 g/mol. The van der Waals surface area contributed by atoms with Crippen LogP contribution in [0.15, 0.2) is 0 Å². The third kappa shape index (κ3) is 3.20. The van der Waals surface area contributed by atoms with Gasteiger partial charge in [-0.25, -0.2) is 0 Å². The van der Waals surface area contributed by atoms with Crippen LogP contribution in [-0.4, -0.2) is 6.18 Å². The first-order chi connectivity index (χ1) is 6.04. The van der Waals surface area contributed by atoms with Crippen molar-refractivity contribution in [2.45, 2.75) is 45.2 Å². The molecule has 0 bridgehead atoms. The molecule has 77 valence electrons. The van der Waals surface area contributed by atoms with Crippen LogP contribution < -0.4 is 0 Å². The first-order valence-electron chi connectivity index (χ1n) is 4.94. The Labute approximate surface area is 77.5 Å². The summed E-state index contributed by atoms with van der Waals surface area (Å²) in [4.78, 5) is 0. The molecule has 0 N–H and O–H groups in total. The van der Waals surface area contributed by atoms with E-state index in [0.29, 0.717) is 18.8 Å². The summed E-state index contributed by atoms with van der Waals surface area (Å²) in [5.74, 6) is -0.599. The molecule has 1 aliphatic carbocycles. The summed E-state index contributed by atoms with van der Waals surface area (Å²) in [6, 6.07) is 0. The molecule has 1 rings (SSSR count). The maximum atomic E-state index is 12.2. The van der Waals surface area contributed by atoms with Crippen LogP contribution in [-0.2, 0) is 0 Å². The number of alkyl halides is 3. The second-order valence-corrected chi connectivity index (χ2v) is 3.80. The lowest BCUT2D eigenvalue weighted by Gasteiger charge is -2.29. The molecule has 0 aromatic heterocycles. The topological polar surface area (TPSA) is 0 Å². The van der Waals surface area contributed by atoms with Gasteiger partial charge in [-0.1, -0.05) is 13.3 Å². The Hall–Kier alpha value is -0.210. The van der Waals surface area contributed by atoms with E-state index >= 15 is 0 Å². The van der Waals surface area contributed by atoms with Crippen molar-refractivity contribution in [2.24, 2.45) is 11.8 Å². The van der Waals surface area contributed by atoms with Crippen LogP contribution in [0.4, 0.5) is 13.2 Å². The van der Waals surface area contributed by atoms with Crippen molar-refractivity contribution in [2.75, 3.05) is 0 Å². The van der Waals surface area contributed by atoms with Gasteiger partial charge in [0.1, 0.15) is 0 Å². The summed E-state index contributed by atoms with van der Waals surface area (Å²) in [5, 5.41) is 0. The van der Waals surface area contributed by atoms with Crippen LogP contribution in [0.25, 0.3) is 0 Å². The molecule has 3 heteroatoms. The minimum Gasteiger partial charge on any atom is -0.171 e. The Bertz CT molecular complexity index is 143. The van der Waals surface area contributed by atoms with E-state index in [0.717, 1.165) is 19.3 Å². The molecule has 0 spiro atoms. The second kappa shape index (κ2) is 4.34. The number of halogens is 3. The summed E-state index contributed by atoms with van der Waals surface area (Å²) in [5.41, 5.74) is 0. The fourth-order valence-corrected chi connectivity index (χ4v) is 2.02. The largest absolute Gasteiger partial charge is 0.391 e. The van der Waals surface area contributed by atoms with Gasteiger partial charge in [0.05, 0.1) is 5.92 Å². The van der Waals surface area contributed by atoms with E-state index < -0.39 is 12.1 Å². The van der Waals surface area contributed by atoms with E-state index in [1.807, 2.05) is 6.92 Å². The summed E-state index contributed by atoms with van der Waals surface area (Å²) in [7, 11) is 0. The highest BCUT2D eigenvalue weighted by Crippen LogP contribution is 2.40. The third-order valence-corrected chi connectivity index (χ3v) is 2.80. The molecular weight excluding hydrogens is 177 g/mol. The maximum Gasteiger partial charge on any atom is 0.391 e. The Balaban J connectivity index is 2.30. The summed E-state index contributed by atoms with van der Waals surface area (Å²) in [6.45, 7) is 2.04. The van der Waals surface area contributed by atoms with Gasteiger partial charge in [-0.3, -0.25) is 0 Å². The van der Waals surface area contributed by atoms with Crippen molar-refractivity contribution in [3.05, 3.63) is 6.42 Å². The quantitative estimate of drug-likeness (QED) is 0.622. The fourth-order valence-electron chi connectivity index (χ4n) is 2.02. The lowest BCUT2D eigenvalue weighted by atomic mass is 9.80. The van der Waals surface area contributed by atoms with Gasteiger partial charge in [0.15, 0.2) is 0 Å². The summed E-state index contributed by atoms with van der Waals surface area (Å²) >= 11 is 0. The summed E-state index contributed by atoms with van der Waals surface area (Å²) < 4.78 is 36.7. The molecule has 1 aliphatic rings. The standard InChI is InChI=1S/C10H16F3/c1-2-3-8-4-6-9(7-5-8)10(11,12)13/h3,8-9H,2,4-7H2,1H3.